The Kier molecular flexibility index (Phi) is 3.18. The molecule has 8 heavy (non-hydrogen) atoms. The van der Waals surface area contributed by atoms with Crippen LogP contribution >= 0.6 is 15.9 Å². The van der Waals surface area contributed by atoms with Crippen LogP contribution in [0.3, 0.4) is 0 Å². The van der Waals surface area contributed by atoms with E-state index in [0.29, 0.717) is 0 Å². The predicted molar refractivity (Wildman–Crippen MR) is 30.8 cm³/mol. The van der Waals surface area contributed by atoms with E-state index in [1.807, 2.05) is 0 Å². The van der Waals surface area contributed by atoms with Crippen molar-refractivity contribution in [3.05, 3.63) is 0 Å². The third-order valence-electron chi connectivity index (χ3n) is 0.393. The van der Waals surface area contributed by atoms with Gasteiger partial charge in [-0.2, -0.15) is 0 Å². The van der Waals surface area contributed by atoms with Crippen LogP contribution in [0.1, 0.15) is 0 Å². The second-order valence-corrected chi connectivity index (χ2v) is 3.49. The van der Waals surface area contributed by atoms with Gasteiger partial charge in [-0.3, -0.25) is 9.00 Å². The summed E-state index contributed by atoms with van der Waals surface area (Å²) in [5.74, 6) is -0.904. The number of hydrogen-bond donors (Lipinski definition) is 1. The van der Waals surface area contributed by atoms with Crippen LogP contribution < -0.4 is 5.73 Å². The van der Waals surface area contributed by atoms with Gasteiger partial charge in [0.1, 0.15) is 0 Å². The van der Waals surface area contributed by atoms with E-state index in [1.54, 1.807) is 0 Å². The number of amides is 1. The molecule has 0 saturated carbocycles. The van der Waals surface area contributed by atoms with E-state index in [2.05, 4.69) is 21.7 Å². The van der Waals surface area contributed by atoms with Crippen LogP contribution in [0.25, 0.3) is 0 Å². The van der Waals surface area contributed by atoms with Gasteiger partial charge in [-0.25, -0.2) is 0 Å². The zero-order valence-corrected chi connectivity index (χ0v) is 6.07. The molecule has 2 atom stereocenters. The lowest BCUT2D eigenvalue weighted by atomic mass is 10.8. The number of halogens is 1. The summed E-state index contributed by atoms with van der Waals surface area (Å²) in [5, 5.41) is 0. The molecule has 0 aromatic heterocycles. The molecular formula is C2H3BrNO3S-. The Labute approximate surface area is 56.9 Å². The van der Waals surface area contributed by atoms with Crippen LogP contribution in [0.5, 0.6) is 0 Å². The first-order valence-electron chi connectivity index (χ1n) is 1.57. The van der Waals surface area contributed by atoms with Crippen LogP contribution in [0.2, 0.25) is 0 Å². The van der Waals surface area contributed by atoms with Gasteiger partial charge in [0.2, 0.25) is 5.91 Å². The molecular weight excluding hydrogens is 198 g/mol. The number of nitrogens with two attached hydrogens (primary N) is 1. The molecule has 6 heteroatoms. The molecule has 2 N–H and O–H groups in total. The minimum absolute atomic E-state index is 0.904. The third kappa shape index (κ3) is 2.39. The van der Waals surface area contributed by atoms with Crippen LogP contribution in [-0.4, -0.2) is 18.8 Å². The number of carbonyl (C=O) groups is 1. The maximum atomic E-state index is 9.92. The molecule has 0 saturated heterocycles. The van der Waals surface area contributed by atoms with Crippen molar-refractivity contribution < 1.29 is 13.6 Å². The molecule has 0 heterocycles. The number of primary amides is 1. The highest BCUT2D eigenvalue weighted by atomic mass is 79.9. The van der Waals surface area contributed by atoms with Gasteiger partial charge in [-0.15, -0.1) is 0 Å². The summed E-state index contributed by atoms with van der Waals surface area (Å²) in [6.07, 6.45) is 0. The van der Waals surface area contributed by atoms with Crippen molar-refractivity contribution >= 4 is 32.9 Å². The van der Waals surface area contributed by atoms with Gasteiger partial charge in [0.25, 0.3) is 0 Å². The number of rotatable bonds is 2. The van der Waals surface area contributed by atoms with Crippen molar-refractivity contribution in [3.63, 3.8) is 0 Å². The van der Waals surface area contributed by atoms with Gasteiger partial charge in [0.15, 0.2) is 4.16 Å². The van der Waals surface area contributed by atoms with E-state index in [4.69, 9.17) is 0 Å². The van der Waals surface area contributed by atoms with Crippen LogP contribution in [0.15, 0.2) is 0 Å². The SMILES string of the molecule is NC(=O)C(Br)S(=O)[O-]. The van der Waals surface area contributed by atoms with Crippen molar-refractivity contribution in [3.8, 4) is 0 Å². The summed E-state index contributed by atoms with van der Waals surface area (Å²) in [5.41, 5.74) is 4.56. The highest BCUT2D eigenvalue weighted by molar-refractivity contribution is 9.11. The molecule has 0 aliphatic rings. The Morgan fingerprint density at radius 3 is 2.25 bits per heavy atom. The first-order chi connectivity index (χ1) is 3.55. The normalized spacial score (nSPS) is 17.2. The van der Waals surface area contributed by atoms with E-state index < -0.39 is 21.1 Å². The Morgan fingerprint density at radius 2 is 2.25 bits per heavy atom. The van der Waals surface area contributed by atoms with E-state index >= 15 is 0 Å². The molecule has 0 aromatic rings. The van der Waals surface area contributed by atoms with E-state index in [0.717, 1.165) is 0 Å². The fourth-order valence-electron chi connectivity index (χ4n) is 0.0948. The number of carbonyl (C=O) groups excluding carboxylic acids is 1. The van der Waals surface area contributed by atoms with Crippen molar-refractivity contribution in [1.82, 2.24) is 0 Å². The maximum Gasteiger partial charge on any atom is 0.242 e. The van der Waals surface area contributed by atoms with Crippen LogP contribution in [-0.2, 0) is 15.9 Å². The molecule has 4 nitrogen and oxygen atoms in total. The second-order valence-electron chi connectivity index (χ2n) is 0.979. The van der Waals surface area contributed by atoms with E-state index in [9.17, 15) is 13.6 Å². The fraction of sp³-hybridized carbons (Fsp3) is 0.500. The molecule has 0 radical (unpaired) electrons. The molecule has 1 amide bonds. The molecule has 0 aliphatic heterocycles. The highest BCUT2D eigenvalue weighted by Gasteiger charge is 2.09. The van der Waals surface area contributed by atoms with Gasteiger partial charge in [0, 0.05) is 0 Å². The molecule has 2 unspecified atom stereocenters. The van der Waals surface area contributed by atoms with Crippen molar-refractivity contribution in [2.24, 2.45) is 5.73 Å². The summed E-state index contributed by atoms with van der Waals surface area (Å²) >= 11 is 0.0710. The van der Waals surface area contributed by atoms with Crippen molar-refractivity contribution in [2.75, 3.05) is 0 Å². The molecule has 0 bridgehead atoms. The summed E-state index contributed by atoms with van der Waals surface area (Å²) in [6.45, 7) is 0. The Bertz CT molecular complexity index is 112. The van der Waals surface area contributed by atoms with Gasteiger partial charge in [-0.1, -0.05) is 15.9 Å². The second kappa shape index (κ2) is 3.16. The standard InChI is InChI=1S/C2H4BrNO3S/c3-1(2(4)5)8(6)7/h1H,(H2,4,5)(H,6,7)/p-1. The maximum absolute atomic E-state index is 9.92. The third-order valence-corrected chi connectivity index (χ3v) is 2.33. The first-order valence-corrected chi connectivity index (χ1v) is 3.62. The minimum Gasteiger partial charge on any atom is -0.771 e. The first kappa shape index (κ1) is 8.06. The van der Waals surface area contributed by atoms with E-state index in [-0.39, 0.29) is 0 Å². The average molecular weight is 201 g/mol. The summed E-state index contributed by atoms with van der Waals surface area (Å²) in [6, 6.07) is 0. The molecule has 0 fully saturated rings. The summed E-state index contributed by atoms with van der Waals surface area (Å²) < 4.78 is 18.3. The summed E-state index contributed by atoms with van der Waals surface area (Å²) in [4.78, 5) is 9.92. The van der Waals surface area contributed by atoms with Gasteiger partial charge in [0.05, 0.1) is 0 Å². The molecule has 0 aliphatic carbocycles. The van der Waals surface area contributed by atoms with E-state index in [1.165, 1.54) is 0 Å². The Morgan fingerprint density at radius 1 is 1.88 bits per heavy atom. The van der Waals surface area contributed by atoms with Crippen molar-refractivity contribution in [2.45, 2.75) is 4.16 Å². The Balaban J connectivity index is 3.83. The van der Waals surface area contributed by atoms with Gasteiger partial charge in [-0.05, 0) is 11.1 Å². The van der Waals surface area contributed by atoms with Crippen LogP contribution in [0, 0.1) is 0 Å². The lowest BCUT2D eigenvalue weighted by Gasteiger charge is -2.06. The smallest absolute Gasteiger partial charge is 0.242 e. The molecule has 0 rings (SSSR count). The zero-order valence-electron chi connectivity index (χ0n) is 3.67. The lowest BCUT2D eigenvalue weighted by Crippen LogP contribution is -2.26. The van der Waals surface area contributed by atoms with Crippen molar-refractivity contribution in [1.29, 1.82) is 0 Å². The molecule has 0 spiro atoms. The molecule has 48 valence electrons. The molecule has 0 aromatic carbocycles. The topological polar surface area (TPSA) is 83.2 Å². The zero-order chi connectivity index (χ0) is 6.73. The Hall–Kier alpha value is 0.0600. The van der Waals surface area contributed by atoms with Gasteiger partial charge < -0.3 is 10.3 Å². The number of alkyl halides is 1. The largest absolute Gasteiger partial charge is 0.771 e. The quantitative estimate of drug-likeness (QED) is 0.462. The minimum atomic E-state index is -2.45. The predicted octanol–water partition coefficient (Wildman–Crippen LogP) is -0.928. The summed E-state index contributed by atoms with van der Waals surface area (Å²) in [7, 11) is 0. The van der Waals surface area contributed by atoms with Crippen LogP contribution in [0.4, 0.5) is 0 Å². The van der Waals surface area contributed by atoms with Gasteiger partial charge >= 0.3 is 0 Å². The highest BCUT2D eigenvalue weighted by Crippen LogP contribution is 2.00. The monoisotopic (exact) mass is 200 g/mol. The average Bonchev–Trinajstić information content (AvgIpc) is 1.64. The fourth-order valence-corrected chi connectivity index (χ4v) is 0.285. The lowest BCUT2D eigenvalue weighted by molar-refractivity contribution is -0.116. The number of hydrogen-bond acceptors (Lipinski definition) is 3.